The lowest BCUT2D eigenvalue weighted by molar-refractivity contribution is 0.0275. The van der Waals surface area contributed by atoms with E-state index in [1.165, 1.54) is 4.68 Å². The Labute approximate surface area is 91.6 Å². The van der Waals surface area contributed by atoms with Crippen LogP contribution >= 0.6 is 0 Å². The minimum absolute atomic E-state index is 0.0603. The summed E-state index contributed by atoms with van der Waals surface area (Å²) >= 11 is 0. The molecule has 0 bridgehead atoms. The van der Waals surface area contributed by atoms with E-state index in [1.54, 1.807) is 12.4 Å². The predicted octanol–water partition coefficient (Wildman–Crippen LogP) is 1.12. The first-order chi connectivity index (χ1) is 7.67. The molecule has 1 saturated carbocycles. The second kappa shape index (κ2) is 3.49. The smallest absolute Gasteiger partial charge is 0.272 e. The number of aromatic nitrogens is 2. The molecule has 1 aliphatic heterocycles. The van der Waals surface area contributed by atoms with Gasteiger partial charge < -0.3 is 10.1 Å². The van der Waals surface area contributed by atoms with Crippen LogP contribution in [-0.2, 0) is 4.74 Å². The van der Waals surface area contributed by atoms with Crippen molar-refractivity contribution in [3.8, 4) is 0 Å². The summed E-state index contributed by atoms with van der Waals surface area (Å²) in [5, 5.41) is 7.17. The van der Waals surface area contributed by atoms with Gasteiger partial charge in [-0.1, -0.05) is 0 Å². The molecule has 2 heterocycles. The number of rotatable bonds is 2. The van der Waals surface area contributed by atoms with Crippen LogP contribution in [0.1, 0.15) is 24.1 Å². The Bertz CT molecular complexity index is 387. The van der Waals surface area contributed by atoms with E-state index in [1.807, 2.05) is 0 Å². The maximum absolute atomic E-state index is 12.8. The van der Waals surface area contributed by atoms with Gasteiger partial charge in [0.15, 0.2) is 0 Å². The Hall–Kier alpha value is -1.01. The lowest BCUT2D eigenvalue weighted by Crippen LogP contribution is -2.33. The summed E-state index contributed by atoms with van der Waals surface area (Å²) in [7, 11) is 0. The topological polar surface area (TPSA) is 39.1 Å². The van der Waals surface area contributed by atoms with Crippen molar-refractivity contribution in [3.05, 3.63) is 18.0 Å². The van der Waals surface area contributed by atoms with Crippen molar-refractivity contribution in [1.29, 1.82) is 0 Å². The van der Waals surface area contributed by atoms with Crippen LogP contribution < -0.4 is 5.32 Å². The fourth-order valence-corrected chi connectivity index (χ4v) is 1.95. The quantitative estimate of drug-likeness (QED) is 0.826. The minimum Gasteiger partial charge on any atom is -0.371 e. The molecule has 6 heteroatoms. The largest absolute Gasteiger partial charge is 0.371 e. The van der Waals surface area contributed by atoms with Gasteiger partial charge in [0.1, 0.15) is 6.04 Å². The number of nitrogens with one attached hydrogen (secondary N) is 1. The number of alkyl halides is 2. The standard InChI is InChI=1S/C10H13F2N3O/c11-10(12)3-9(10)15-6-7(4-14-15)8-5-13-1-2-16-8/h4,6,8-9,13H,1-3,5H2. The van der Waals surface area contributed by atoms with Gasteiger partial charge in [0.05, 0.1) is 18.9 Å². The SMILES string of the molecule is FC1(F)CC1n1cc(C2CNCCO2)cn1. The molecular formula is C10H13F2N3O. The third kappa shape index (κ3) is 1.72. The summed E-state index contributed by atoms with van der Waals surface area (Å²) in [5.41, 5.74) is 0.870. The van der Waals surface area contributed by atoms with Crippen molar-refractivity contribution in [1.82, 2.24) is 15.1 Å². The van der Waals surface area contributed by atoms with Crippen LogP contribution in [0.3, 0.4) is 0 Å². The highest BCUT2D eigenvalue weighted by Crippen LogP contribution is 2.52. The Kier molecular flexibility index (Phi) is 2.22. The first-order valence-electron chi connectivity index (χ1n) is 5.41. The van der Waals surface area contributed by atoms with E-state index in [-0.39, 0.29) is 12.5 Å². The number of hydrogen-bond donors (Lipinski definition) is 1. The average molecular weight is 229 g/mol. The van der Waals surface area contributed by atoms with Crippen molar-refractivity contribution in [3.63, 3.8) is 0 Å². The maximum Gasteiger partial charge on any atom is 0.272 e. The highest BCUT2D eigenvalue weighted by molar-refractivity contribution is 5.13. The highest BCUT2D eigenvalue weighted by Gasteiger charge is 2.59. The Morgan fingerprint density at radius 2 is 2.38 bits per heavy atom. The number of ether oxygens (including phenoxy) is 1. The summed E-state index contributed by atoms with van der Waals surface area (Å²) in [6.07, 6.45) is 3.13. The van der Waals surface area contributed by atoms with Gasteiger partial charge in [0, 0.05) is 31.3 Å². The van der Waals surface area contributed by atoms with Gasteiger partial charge in [-0.3, -0.25) is 4.68 Å². The Balaban J connectivity index is 1.72. The van der Waals surface area contributed by atoms with Crippen molar-refractivity contribution in [2.75, 3.05) is 19.7 Å². The number of hydrogen-bond acceptors (Lipinski definition) is 3. The normalized spacial score (nSPS) is 32.6. The molecule has 2 fully saturated rings. The second-order valence-electron chi connectivity index (χ2n) is 4.30. The summed E-state index contributed by atoms with van der Waals surface area (Å²) < 4.78 is 32.5. The molecule has 16 heavy (non-hydrogen) atoms. The second-order valence-corrected chi connectivity index (χ2v) is 4.30. The zero-order valence-electron chi connectivity index (χ0n) is 8.70. The summed E-state index contributed by atoms with van der Waals surface area (Å²) in [6, 6.07) is -0.752. The van der Waals surface area contributed by atoms with E-state index >= 15 is 0 Å². The zero-order valence-corrected chi connectivity index (χ0v) is 8.70. The fourth-order valence-electron chi connectivity index (χ4n) is 1.95. The number of nitrogens with zero attached hydrogens (tertiary/aromatic N) is 2. The molecule has 4 nitrogen and oxygen atoms in total. The van der Waals surface area contributed by atoms with Crippen LogP contribution in [-0.4, -0.2) is 35.4 Å². The fraction of sp³-hybridized carbons (Fsp3) is 0.700. The van der Waals surface area contributed by atoms with Crippen LogP contribution in [0.2, 0.25) is 0 Å². The summed E-state index contributed by atoms with van der Waals surface area (Å²) in [4.78, 5) is 0. The van der Waals surface area contributed by atoms with Gasteiger partial charge in [-0.25, -0.2) is 8.78 Å². The Morgan fingerprint density at radius 1 is 1.56 bits per heavy atom. The Morgan fingerprint density at radius 3 is 3.00 bits per heavy atom. The van der Waals surface area contributed by atoms with Crippen molar-refractivity contribution in [2.45, 2.75) is 24.5 Å². The van der Waals surface area contributed by atoms with Crippen molar-refractivity contribution >= 4 is 0 Å². The van der Waals surface area contributed by atoms with Crippen LogP contribution in [0, 0.1) is 0 Å². The van der Waals surface area contributed by atoms with Gasteiger partial charge in [0.2, 0.25) is 0 Å². The van der Waals surface area contributed by atoms with Crippen LogP contribution in [0.4, 0.5) is 8.78 Å². The molecule has 2 unspecified atom stereocenters. The molecule has 0 radical (unpaired) electrons. The minimum atomic E-state index is -2.57. The molecule has 0 spiro atoms. The van der Waals surface area contributed by atoms with Gasteiger partial charge in [0.25, 0.3) is 5.92 Å². The van der Waals surface area contributed by atoms with Gasteiger partial charge in [-0.2, -0.15) is 5.10 Å². The first kappa shape index (κ1) is 10.2. The molecule has 1 aromatic heterocycles. The zero-order chi connectivity index (χ0) is 11.2. The van der Waals surface area contributed by atoms with Crippen LogP contribution in [0.5, 0.6) is 0 Å². The molecule has 1 saturated heterocycles. The average Bonchev–Trinajstić information content (AvgIpc) is 2.76. The van der Waals surface area contributed by atoms with E-state index in [4.69, 9.17) is 4.74 Å². The van der Waals surface area contributed by atoms with E-state index in [0.717, 1.165) is 12.1 Å². The highest BCUT2D eigenvalue weighted by atomic mass is 19.3. The molecule has 3 rings (SSSR count). The monoisotopic (exact) mass is 229 g/mol. The van der Waals surface area contributed by atoms with Crippen LogP contribution in [0.25, 0.3) is 0 Å². The van der Waals surface area contributed by atoms with E-state index in [0.29, 0.717) is 13.2 Å². The molecule has 0 aromatic carbocycles. The third-order valence-corrected chi connectivity index (χ3v) is 3.03. The number of morpholine rings is 1. The summed E-state index contributed by atoms with van der Waals surface area (Å²) in [5.74, 6) is -2.57. The molecule has 1 N–H and O–H groups in total. The van der Waals surface area contributed by atoms with Gasteiger partial charge in [-0.05, 0) is 0 Å². The molecular weight excluding hydrogens is 216 g/mol. The van der Waals surface area contributed by atoms with Gasteiger partial charge >= 0.3 is 0 Å². The van der Waals surface area contributed by atoms with Gasteiger partial charge in [-0.15, -0.1) is 0 Å². The maximum atomic E-state index is 12.8. The molecule has 88 valence electrons. The number of halogens is 2. The van der Waals surface area contributed by atoms with Crippen LogP contribution in [0.15, 0.2) is 12.4 Å². The molecule has 2 aliphatic rings. The first-order valence-corrected chi connectivity index (χ1v) is 5.41. The lowest BCUT2D eigenvalue weighted by atomic mass is 10.2. The molecule has 1 aromatic rings. The molecule has 1 aliphatic carbocycles. The van der Waals surface area contributed by atoms with E-state index in [2.05, 4.69) is 10.4 Å². The third-order valence-electron chi connectivity index (χ3n) is 3.03. The predicted molar refractivity (Wildman–Crippen MR) is 52.4 cm³/mol. The summed E-state index contributed by atoms with van der Waals surface area (Å²) in [6.45, 7) is 2.20. The van der Waals surface area contributed by atoms with E-state index < -0.39 is 12.0 Å². The molecule has 2 atom stereocenters. The lowest BCUT2D eigenvalue weighted by Gasteiger charge is -2.22. The van der Waals surface area contributed by atoms with Crippen molar-refractivity contribution in [2.24, 2.45) is 0 Å². The van der Waals surface area contributed by atoms with Crippen molar-refractivity contribution < 1.29 is 13.5 Å². The molecule has 0 amide bonds. The van der Waals surface area contributed by atoms with E-state index in [9.17, 15) is 8.78 Å².